The lowest BCUT2D eigenvalue weighted by Crippen LogP contribution is -2.28. The summed E-state index contributed by atoms with van der Waals surface area (Å²) in [4.78, 5) is 0. The molecule has 0 saturated heterocycles. The molecule has 0 bridgehead atoms. The summed E-state index contributed by atoms with van der Waals surface area (Å²) in [5, 5.41) is 9.00. The molecule has 1 aliphatic rings. The maximum absolute atomic E-state index is 9.00. The number of aliphatic hydroxyl groups is 1. The molecule has 1 saturated carbocycles. The minimum absolute atomic E-state index is 0.0665. The first-order valence-corrected chi connectivity index (χ1v) is 4.44. The minimum atomic E-state index is -0.326. The smallest absolute Gasteiger partial charge is 0.0745 e. The second-order valence-corrected chi connectivity index (χ2v) is 3.82. The van der Waals surface area contributed by atoms with Gasteiger partial charge in [0.15, 0.2) is 0 Å². The zero-order valence-corrected chi connectivity index (χ0v) is 7.47. The normalized spacial score (nSPS) is 25.4. The summed E-state index contributed by atoms with van der Waals surface area (Å²) in [6.45, 7) is 4.39. The Labute approximate surface area is 68.6 Å². The number of ether oxygens (including phenoxy) is 1. The van der Waals surface area contributed by atoms with Gasteiger partial charge in [-0.3, -0.25) is 0 Å². The molecule has 0 amide bonds. The summed E-state index contributed by atoms with van der Waals surface area (Å²) in [6.07, 6.45) is 4.53. The van der Waals surface area contributed by atoms with Crippen LogP contribution in [0.5, 0.6) is 0 Å². The van der Waals surface area contributed by atoms with Gasteiger partial charge in [0.05, 0.1) is 18.3 Å². The quantitative estimate of drug-likeness (QED) is 0.677. The van der Waals surface area contributed by atoms with Crippen LogP contribution in [0.4, 0.5) is 0 Å². The zero-order chi connectivity index (χ0) is 8.32. The lowest BCUT2D eigenvalue weighted by atomic mass is 10.1. The van der Waals surface area contributed by atoms with Gasteiger partial charge in [-0.15, -0.1) is 0 Å². The lowest BCUT2D eigenvalue weighted by molar-refractivity contribution is -0.0611. The third kappa shape index (κ3) is 2.80. The van der Waals surface area contributed by atoms with Gasteiger partial charge in [-0.1, -0.05) is 12.8 Å². The van der Waals surface area contributed by atoms with Crippen molar-refractivity contribution in [1.29, 1.82) is 0 Å². The Morgan fingerprint density at radius 1 is 1.45 bits per heavy atom. The Morgan fingerprint density at radius 3 is 2.45 bits per heavy atom. The van der Waals surface area contributed by atoms with Crippen molar-refractivity contribution in [2.75, 3.05) is 6.61 Å². The molecule has 0 aromatic carbocycles. The van der Waals surface area contributed by atoms with E-state index in [-0.39, 0.29) is 11.7 Å². The average Bonchev–Trinajstić information content (AvgIpc) is 2.33. The SMILES string of the molecule is CC(O)COC1(C)CCCC1. The summed E-state index contributed by atoms with van der Waals surface area (Å²) in [6, 6.07) is 0. The van der Waals surface area contributed by atoms with Crippen molar-refractivity contribution in [3.05, 3.63) is 0 Å². The van der Waals surface area contributed by atoms with Crippen LogP contribution in [0.1, 0.15) is 39.5 Å². The highest BCUT2D eigenvalue weighted by Gasteiger charge is 2.29. The topological polar surface area (TPSA) is 29.5 Å². The van der Waals surface area contributed by atoms with Crippen LogP contribution >= 0.6 is 0 Å². The fourth-order valence-corrected chi connectivity index (χ4v) is 1.59. The fourth-order valence-electron chi connectivity index (χ4n) is 1.59. The second kappa shape index (κ2) is 3.55. The maximum Gasteiger partial charge on any atom is 0.0745 e. The van der Waals surface area contributed by atoms with E-state index in [1.807, 2.05) is 0 Å². The number of hydrogen-bond acceptors (Lipinski definition) is 2. The molecule has 0 aliphatic heterocycles. The minimum Gasteiger partial charge on any atom is -0.391 e. The highest BCUT2D eigenvalue weighted by molar-refractivity contribution is 4.81. The molecule has 2 nitrogen and oxygen atoms in total. The van der Waals surface area contributed by atoms with Crippen molar-refractivity contribution in [3.8, 4) is 0 Å². The largest absolute Gasteiger partial charge is 0.391 e. The molecule has 0 spiro atoms. The molecule has 1 aliphatic carbocycles. The van der Waals surface area contributed by atoms with E-state index in [0.29, 0.717) is 6.61 Å². The van der Waals surface area contributed by atoms with E-state index in [9.17, 15) is 0 Å². The average molecular weight is 158 g/mol. The van der Waals surface area contributed by atoms with Crippen LogP contribution in [-0.2, 0) is 4.74 Å². The molecule has 0 aromatic heterocycles. The van der Waals surface area contributed by atoms with Crippen molar-refractivity contribution >= 4 is 0 Å². The zero-order valence-electron chi connectivity index (χ0n) is 7.47. The standard InChI is InChI=1S/C9H18O2/c1-8(10)7-11-9(2)5-3-4-6-9/h8,10H,3-7H2,1-2H3. The van der Waals surface area contributed by atoms with Crippen LogP contribution < -0.4 is 0 Å². The first kappa shape index (κ1) is 9.01. The van der Waals surface area contributed by atoms with Crippen molar-refractivity contribution in [3.63, 3.8) is 0 Å². The van der Waals surface area contributed by atoms with Gasteiger partial charge < -0.3 is 9.84 Å². The Bertz CT molecular complexity index is 115. The molecule has 0 aromatic rings. The van der Waals surface area contributed by atoms with Crippen LogP contribution in [0.3, 0.4) is 0 Å². The predicted molar refractivity (Wildman–Crippen MR) is 44.5 cm³/mol. The molecule has 0 heterocycles. The van der Waals surface area contributed by atoms with E-state index in [1.54, 1.807) is 6.92 Å². The van der Waals surface area contributed by atoms with E-state index in [0.717, 1.165) is 12.8 Å². The van der Waals surface area contributed by atoms with Crippen LogP contribution in [-0.4, -0.2) is 23.4 Å². The van der Waals surface area contributed by atoms with Crippen LogP contribution in [0.2, 0.25) is 0 Å². The van der Waals surface area contributed by atoms with E-state index < -0.39 is 0 Å². The van der Waals surface area contributed by atoms with Gasteiger partial charge in [0.1, 0.15) is 0 Å². The third-order valence-corrected chi connectivity index (χ3v) is 2.33. The molecule has 1 N–H and O–H groups in total. The summed E-state index contributed by atoms with van der Waals surface area (Å²) < 4.78 is 5.60. The fraction of sp³-hybridized carbons (Fsp3) is 1.00. The molecule has 2 heteroatoms. The van der Waals surface area contributed by atoms with Gasteiger partial charge in [0.2, 0.25) is 0 Å². The van der Waals surface area contributed by atoms with E-state index in [2.05, 4.69) is 6.92 Å². The first-order chi connectivity index (χ1) is 5.12. The molecule has 1 unspecified atom stereocenters. The lowest BCUT2D eigenvalue weighted by Gasteiger charge is -2.24. The molecule has 1 fully saturated rings. The Balaban J connectivity index is 2.23. The molecular weight excluding hydrogens is 140 g/mol. The Hall–Kier alpha value is -0.0800. The van der Waals surface area contributed by atoms with E-state index in [4.69, 9.17) is 9.84 Å². The van der Waals surface area contributed by atoms with Crippen molar-refractivity contribution in [1.82, 2.24) is 0 Å². The molecule has 0 radical (unpaired) electrons. The first-order valence-electron chi connectivity index (χ1n) is 4.44. The highest BCUT2D eigenvalue weighted by Crippen LogP contribution is 2.32. The number of hydrogen-bond donors (Lipinski definition) is 1. The third-order valence-electron chi connectivity index (χ3n) is 2.33. The predicted octanol–water partition coefficient (Wildman–Crippen LogP) is 1.72. The molecule has 66 valence electrons. The summed E-state index contributed by atoms with van der Waals surface area (Å²) >= 11 is 0. The number of rotatable bonds is 3. The van der Waals surface area contributed by atoms with E-state index >= 15 is 0 Å². The van der Waals surface area contributed by atoms with E-state index in [1.165, 1.54) is 12.8 Å². The maximum atomic E-state index is 9.00. The van der Waals surface area contributed by atoms with Gasteiger partial charge in [0.25, 0.3) is 0 Å². The van der Waals surface area contributed by atoms with Gasteiger partial charge in [0, 0.05) is 0 Å². The van der Waals surface area contributed by atoms with Crippen molar-refractivity contribution in [2.24, 2.45) is 0 Å². The molecule has 1 atom stereocenters. The van der Waals surface area contributed by atoms with Gasteiger partial charge >= 0.3 is 0 Å². The number of aliphatic hydroxyl groups excluding tert-OH is 1. The molecular formula is C9H18O2. The van der Waals surface area contributed by atoms with Gasteiger partial charge in [-0.2, -0.15) is 0 Å². The van der Waals surface area contributed by atoms with Crippen molar-refractivity contribution < 1.29 is 9.84 Å². The molecule has 1 rings (SSSR count). The highest BCUT2D eigenvalue weighted by atomic mass is 16.5. The van der Waals surface area contributed by atoms with Gasteiger partial charge in [-0.25, -0.2) is 0 Å². The summed E-state index contributed by atoms with van der Waals surface area (Å²) in [7, 11) is 0. The molecule has 11 heavy (non-hydrogen) atoms. The van der Waals surface area contributed by atoms with Crippen LogP contribution in [0.25, 0.3) is 0 Å². The van der Waals surface area contributed by atoms with Gasteiger partial charge in [-0.05, 0) is 26.7 Å². The summed E-state index contributed by atoms with van der Waals surface area (Å²) in [5.74, 6) is 0. The van der Waals surface area contributed by atoms with Crippen LogP contribution in [0.15, 0.2) is 0 Å². The monoisotopic (exact) mass is 158 g/mol. The Kier molecular flexibility index (Phi) is 2.90. The van der Waals surface area contributed by atoms with Crippen LogP contribution in [0, 0.1) is 0 Å². The van der Waals surface area contributed by atoms with Crippen molar-refractivity contribution in [2.45, 2.75) is 51.2 Å². The second-order valence-electron chi connectivity index (χ2n) is 3.82. The Morgan fingerprint density at radius 2 is 2.00 bits per heavy atom. The summed E-state index contributed by atoms with van der Waals surface area (Å²) in [5.41, 5.74) is 0.0665.